The quantitative estimate of drug-likeness (QED) is 0.720. The Bertz CT molecular complexity index is 696. The molecule has 1 N–H and O–H groups in total. The van der Waals surface area contributed by atoms with Crippen LogP contribution in [0.2, 0.25) is 0 Å². The van der Waals surface area contributed by atoms with Gasteiger partial charge in [-0.05, 0) is 24.3 Å². The van der Waals surface area contributed by atoms with Crippen molar-refractivity contribution in [3.63, 3.8) is 0 Å². The lowest BCUT2D eigenvalue weighted by Gasteiger charge is -2.34. The average molecular weight is 369 g/mol. The molecule has 0 unspecified atom stereocenters. The fraction of sp³-hybridized carbons (Fsp3) is 0.588. The van der Waals surface area contributed by atoms with Crippen molar-refractivity contribution in [1.29, 1.82) is 0 Å². The first-order valence-electron chi connectivity index (χ1n) is 8.56. The molecule has 0 bridgehead atoms. The van der Waals surface area contributed by atoms with E-state index in [0.29, 0.717) is 24.6 Å². The second-order valence-corrected chi connectivity index (χ2v) is 8.83. The summed E-state index contributed by atoms with van der Waals surface area (Å²) in [7, 11) is -1.25. The first-order chi connectivity index (χ1) is 12.0. The van der Waals surface area contributed by atoms with Gasteiger partial charge in [0.1, 0.15) is 23.3 Å². The molecule has 138 valence electrons. The van der Waals surface area contributed by atoms with Gasteiger partial charge in [0.2, 0.25) is 0 Å². The SMILES string of the molecule is COc1ccc(OCC(=O)N2CC[NH+]([C@H]3CCS(=O)(=O)C3)CC2)cc1. The minimum absolute atomic E-state index is 0.0134. The number of rotatable bonds is 5. The van der Waals surface area contributed by atoms with Gasteiger partial charge in [0.05, 0.1) is 39.0 Å². The van der Waals surface area contributed by atoms with Crippen LogP contribution in [0, 0.1) is 0 Å². The molecule has 1 atom stereocenters. The summed E-state index contributed by atoms with van der Waals surface area (Å²) >= 11 is 0. The van der Waals surface area contributed by atoms with Crippen molar-refractivity contribution in [2.75, 3.05) is 51.4 Å². The number of quaternary nitrogens is 1. The molecule has 8 heteroatoms. The van der Waals surface area contributed by atoms with E-state index in [0.717, 1.165) is 25.3 Å². The molecule has 0 radical (unpaired) electrons. The number of sulfone groups is 1. The van der Waals surface area contributed by atoms with Gasteiger partial charge in [-0.25, -0.2) is 8.42 Å². The molecule has 1 aromatic rings. The maximum absolute atomic E-state index is 12.3. The van der Waals surface area contributed by atoms with Gasteiger partial charge in [-0.2, -0.15) is 0 Å². The molecule has 0 aromatic heterocycles. The maximum Gasteiger partial charge on any atom is 0.260 e. The number of amides is 1. The van der Waals surface area contributed by atoms with Crippen LogP contribution < -0.4 is 14.4 Å². The summed E-state index contributed by atoms with van der Waals surface area (Å²) in [5, 5.41) is 0. The lowest BCUT2D eigenvalue weighted by atomic mass is 10.2. The second kappa shape index (κ2) is 7.61. The van der Waals surface area contributed by atoms with Gasteiger partial charge in [-0.1, -0.05) is 0 Å². The van der Waals surface area contributed by atoms with E-state index in [-0.39, 0.29) is 24.3 Å². The van der Waals surface area contributed by atoms with Gasteiger partial charge in [-0.3, -0.25) is 4.79 Å². The highest BCUT2D eigenvalue weighted by atomic mass is 32.2. The third-order valence-electron chi connectivity index (χ3n) is 4.99. The van der Waals surface area contributed by atoms with Crippen molar-refractivity contribution >= 4 is 15.7 Å². The van der Waals surface area contributed by atoms with E-state index in [9.17, 15) is 13.2 Å². The highest BCUT2D eigenvalue weighted by Crippen LogP contribution is 2.17. The Balaban J connectivity index is 1.43. The van der Waals surface area contributed by atoms with E-state index in [1.165, 1.54) is 4.90 Å². The predicted molar refractivity (Wildman–Crippen MR) is 92.8 cm³/mol. The number of hydrogen-bond donors (Lipinski definition) is 1. The molecule has 2 heterocycles. The lowest BCUT2D eigenvalue weighted by molar-refractivity contribution is -0.925. The van der Waals surface area contributed by atoms with Crippen LogP contribution in [0.15, 0.2) is 24.3 Å². The largest absolute Gasteiger partial charge is 0.497 e. The van der Waals surface area contributed by atoms with E-state index in [4.69, 9.17) is 9.47 Å². The molecule has 2 fully saturated rings. The van der Waals surface area contributed by atoms with Crippen LogP contribution in [0.25, 0.3) is 0 Å². The average Bonchev–Trinajstić information content (AvgIpc) is 3.00. The highest BCUT2D eigenvalue weighted by Gasteiger charge is 2.37. The smallest absolute Gasteiger partial charge is 0.260 e. The lowest BCUT2D eigenvalue weighted by Crippen LogP contribution is -3.18. The number of ether oxygens (including phenoxy) is 2. The van der Waals surface area contributed by atoms with Crippen LogP contribution in [0.1, 0.15) is 6.42 Å². The van der Waals surface area contributed by atoms with Gasteiger partial charge in [-0.15, -0.1) is 0 Å². The van der Waals surface area contributed by atoms with Gasteiger partial charge >= 0.3 is 0 Å². The predicted octanol–water partition coefficient (Wildman–Crippen LogP) is -1.01. The van der Waals surface area contributed by atoms with Gasteiger partial charge in [0.25, 0.3) is 5.91 Å². The first-order valence-corrected chi connectivity index (χ1v) is 10.4. The zero-order chi connectivity index (χ0) is 17.9. The van der Waals surface area contributed by atoms with E-state index in [1.54, 1.807) is 36.3 Å². The summed E-state index contributed by atoms with van der Waals surface area (Å²) in [4.78, 5) is 15.4. The van der Waals surface area contributed by atoms with Gasteiger partial charge in [0, 0.05) is 6.42 Å². The molecule has 25 heavy (non-hydrogen) atoms. The fourth-order valence-electron chi connectivity index (χ4n) is 3.48. The molecule has 1 amide bonds. The van der Waals surface area contributed by atoms with Gasteiger partial charge in [0.15, 0.2) is 16.4 Å². The van der Waals surface area contributed by atoms with Crippen LogP contribution in [-0.2, 0) is 14.6 Å². The van der Waals surface area contributed by atoms with E-state index in [1.807, 2.05) is 0 Å². The second-order valence-electron chi connectivity index (χ2n) is 6.60. The van der Waals surface area contributed by atoms with Crippen LogP contribution >= 0.6 is 0 Å². The van der Waals surface area contributed by atoms with Crippen molar-refractivity contribution in [3.8, 4) is 11.5 Å². The Morgan fingerprint density at radius 3 is 2.40 bits per heavy atom. The number of carbonyl (C=O) groups excluding carboxylic acids is 1. The Morgan fingerprint density at radius 2 is 1.84 bits per heavy atom. The fourth-order valence-corrected chi connectivity index (χ4v) is 5.30. The summed E-state index contributed by atoms with van der Waals surface area (Å²) in [6.07, 6.45) is 0.742. The first kappa shape index (κ1) is 18.0. The molecule has 0 saturated carbocycles. The van der Waals surface area contributed by atoms with Crippen molar-refractivity contribution in [3.05, 3.63) is 24.3 Å². The molecule has 2 aliphatic heterocycles. The third kappa shape index (κ3) is 4.64. The zero-order valence-electron chi connectivity index (χ0n) is 14.4. The molecule has 3 rings (SSSR count). The number of carbonyl (C=O) groups is 1. The molecule has 2 saturated heterocycles. The topological polar surface area (TPSA) is 77.3 Å². The molecule has 0 spiro atoms. The summed E-state index contributed by atoms with van der Waals surface area (Å²) in [5.41, 5.74) is 0. The monoisotopic (exact) mass is 369 g/mol. The van der Waals surface area contributed by atoms with Crippen molar-refractivity contribution in [1.82, 2.24) is 4.90 Å². The number of methoxy groups -OCH3 is 1. The molecular weight excluding hydrogens is 344 g/mol. The van der Waals surface area contributed by atoms with Crippen LogP contribution in [0.5, 0.6) is 11.5 Å². The Hall–Kier alpha value is -1.80. The van der Waals surface area contributed by atoms with Crippen molar-refractivity contribution < 1.29 is 27.6 Å². The van der Waals surface area contributed by atoms with E-state index in [2.05, 4.69) is 0 Å². The van der Waals surface area contributed by atoms with E-state index < -0.39 is 9.84 Å². The van der Waals surface area contributed by atoms with Crippen molar-refractivity contribution in [2.45, 2.75) is 12.5 Å². The number of hydrogen-bond acceptors (Lipinski definition) is 5. The number of piperazine rings is 1. The van der Waals surface area contributed by atoms with Crippen LogP contribution in [-0.4, -0.2) is 76.7 Å². The Morgan fingerprint density at radius 1 is 1.20 bits per heavy atom. The summed E-state index contributed by atoms with van der Waals surface area (Å²) in [5.74, 6) is 1.94. The normalized spacial score (nSPS) is 23.4. The summed E-state index contributed by atoms with van der Waals surface area (Å²) < 4.78 is 33.9. The van der Waals surface area contributed by atoms with Gasteiger partial charge < -0.3 is 19.3 Å². The standard InChI is InChI=1S/C17H24N2O5S/c1-23-15-2-4-16(5-3-15)24-12-17(20)19-9-7-18(8-10-19)14-6-11-25(21,22)13-14/h2-5,14H,6-13H2,1H3/p+1/t14-/m0/s1. The van der Waals surface area contributed by atoms with Crippen LogP contribution in [0.4, 0.5) is 0 Å². The summed E-state index contributed by atoms with van der Waals surface area (Å²) in [6, 6.07) is 7.32. The maximum atomic E-state index is 12.3. The number of nitrogens with zero attached hydrogens (tertiary/aromatic N) is 1. The molecule has 7 nitrogen and oxygen atoms in total. The minimum Gasteiger partial charge on any atom is -0.497 e. The molecular formula is C17H25N2O5S+. The Labute approximate surface area is 148 Å². The van der Waals surface area contributed by atoms with Crippen LogP contribution in [0.3, 0.4) is 0 Å². The van der Waals surface area contributed by atoms with E-state index >= 15 is 0 Å². The highest BCUT2D eigenvalue weighted by molar-refractivity contribution is 7.91. The Kier molecular flexibility index (Phi) is 5.48. The van der Waals surface area contributed by atoms with Crippen molar-refractivity contribution in [2.24, 2.45) is 0 Å². The number of benzene rings is 1. The third-order valence-corrected chi connectivity index (χ3v) is 6.76. The zero-order valence-corrected chi connectivity index (χ0v) is 15.3. The summed E-state index contributed by atoms with van der Waals surface area (Å²) in [6.45, 7) is 2.91. The molecule has 1 aromatic carbocycles. The molecule has 2 aliphatic rings. The minimum atomic E-state index is -2.85. The molecule has 0 aliphatic carbocycles. The number of nitrogens with one attached hydrogen (secondary N) is 1.